The van der Waals surface area contributed by atoms with Crippen LogP contribution in [0, 0.1) is 11.8 Å². The van der Waals surface area contributed by atoms with Crippen LogP contribution >= 0.6 is 0 Å². The number of benzene rings is 2. The molecule has 3 fully saturated rings. The van der Waals surface area contributed by atoms with Gasteiger partial charge in [0.05, 0.1) is 6.10 Å². The minimum Gasteiger partial charge on any atom is -0.392 e. The van der Waals surface area contributed by atoms with E-state index in [9.17, 15) is 9.90 Å². The van der Waals surface area contributed by atoms with E-state index in [1.807, 2.05) is 12.1 Å². The number of aliphatic hydroxyl groups is 1. The molecule has 0 amide bonds. The van der Waals surface area contributed by atoms with Crippen molar-refractivity contribution in [3.05, 3.63) is 48.0 Å². The molecule has 3 saturated carbocycles. The van der Waals surface area contributed by atoms with Crippen molar-refractivity contribution < 1.29 is 9.90 Å². The summed E-state index contributed by atoms with van der Waals surface area (Å²) in [7, 11) is 0. The Bertz CT molecular complexity index is 674. The minimum atomic E-state index is -0.490. The zero-order valence-corrected chi connectivity index (χ0v) is 11.3. The van der Waals surface area contributed by atoms with Gasteiger partial charge in [-0.25, -0.2) is 0 Å². The number of hydrogen-bond donors (Lipinski definition) is 1. The van der Waals surface area contributed by atoms with Gasteiger partial charge in [0.1, 0.15) is 5.78 Å². The standard InChI is InChI=1S/C18H18O2/c19-16-10-14-7-8-15(16)18(20)17(14)13-6-5-11-3-1-2-4-12(11)9-13/h1-6,9,14-15,17-18,20H,7-8,10H2/t14-,15+,17-,18-/m0/s1. The summed E-state index contributed by atoms with van der Waals surface area (Å²) in [6, 6.07) is 14.7. The molecular weight excluding hydrogens is 248 g/mol. The maximum absolute atomic E-state index is 11.9. The lowest BCUT2D eigenvalue weighted by molar-refractivity contribution is -0.138. The van der Waals surface area contributed by atoms with Crippen molar-refractivity contribution >= 4 is 16.6 Å². The Labute approximate surface area is 118 Å². The van der Waals surface area contributed by atoms with E-state index < -0.39 is 6.10 Å². The van der Waals surface area contributed by atoms with Crippen LogP contribution in [0.1, 0.15) is 30.7 Å². The molecule has 2 aromatic carbocycles. The zero-order chi connectivity index (χ0) is 13.7. The summed E-state index contributed by atoms with van der Waals surface area (Å²) in [4.78, 5) is 11.9. The largest absolute Gasteiger partial charge is 0.392 e. The molecule has 102 valence electrons. The number of carbonyl (C=O) groups is 1. The summed E-state index contributed by atoms with van der Waals surface area (Å²) >= 11 is 0. The molecule has 2 bridgehead atoms. The maximum Gasteiger partial charge on any atom is 0.138 e. The lowest BCUT2D eigenvalue weighted by Crippen LogP contribution is -2.47. The zero-order valence-electron chi connectivity index (χ0n) is 11.3. The van der Waals surface area contributed by atoms with Crippen molar-refractivity contribution in [2.45, 2.75) is 31.3 Å². The normalized spacial score (nSPS) is 32.8. The lowest BCUT2D eigenvalue weighted by Gasteiger charge is -2.45. The number of rotatable bonds is 1. The van der Waals surface area contributed by atoms with E-state index in [0.717, 1.165) is 12.8 Å². The van der Waals surface area contributed by atoms with E-state index in [1.54, 1.807) is 0 Å². The summed E-state index contributed by atoms with van der Waals surface area (Å²) in [5.41, 5.74) is 1.19. The van der Waals surface area contributed by atoms with Crippen LogP contribution in [0.4, 0.5) is 0 Å². The molecule has 5 rings (SSSR count). The average Bonchev–Trinajstić information content (AvgIpc) is 2.47. The van der Waals surface area contributed by atoms with Crippen molar-refractivity contribution in [2.75, 3.05) is 0 Å². The van der Waals surface area contributed by atoms with E-state index in [-0.39, 0.29) is 17.6 Å². The molecule has 0 aliphatic heterocycles. The lowest BCUT2D eigenvalue weighted by atomic mass is 9.60. The van der Waals surface area contributed by atoms with Crippen LogP contribution in [0.3, 0.4) is 0 Å². The van der Waals surface area contributed by atoms with Gasteiger partial charge in [0, 0.05) is 18.3 Å². The molecular formula is C18H18O2. The number of carbonyl (C=O) groups excluding carboxylic acids is 1. The van der Waals surface area contributed by atoms with Gasteiger partial charge in [-0.1, -0.05) is 42.5 Å². The third-order valence-electron chi connectivity index (χ3n) is 5.17. The fraction of sp³-hybridized carbons (Fsp3) is 0.389. The van der Waals surface area contributed by atoms with Gasteiger partial charge in [0.25, 0.3) is 0 Å². The summed E-state index contributed by atoms with van der Waals surface area (Å²) in [5, 5.41) is 13.0. The Morgan fingerprint density at radius 2 is 1.80 bits per heavy atom. The maximum atomic E-state index is 11.9. The first-order valence-corrected chi connectivity index (χ1v) is 7.43. The highest BCUT2D eigenvalue weighted by atomic mass is 16.3. The topological polar surface area (TPSA) is 37.3 Å². The number of Topliss-reactive ketones (excluding diaryl/α,β-unsaturated/α-hetero) is 1. The van der Waals surface area contributed by atoms with E-state index in [4.69, 9.17) is 0 Å². The van der Waals surface area contributed by atoms with Crippen molar-refractivity contribution in [1.29, 1.82) is 0 Å². The van der Waals surface area contributed by atoms with Gasteiger partial charge < -0.3 is 5.11 Å². The molecule has 3 aliphatic rings. The second-order valence-corrected chi connectivity index (χ2v) is 6.24. The predicted octanol–water partition coefficient (Wildman–Crippen LogP) is 3.28. The number of fused-ring (bicyclic) bond motifs is 4. The molecule has 1 N–H and O–H groups in total. The fourth-order valence-corrected chi connectivity index (χ4v) is 4.15. The van der Waals surface area contributed by atoms with Crippen LogP contribution in [-0.4, -0.2) is 17.0 Å². The van der Waals surface area contributed by atoms with Gasteiger partial charge in [-0.2, -0.15) is 0 Å². The van der Waals surface area contributed by atoms with Gasteiger partial charge >= 0.3 is 0 Å². The van der Waals surface area contributed by atoms with E-state index in [1.165, 1.54) is 16.3 Å². The van der Waals surface area contributed by atoms with E-state index in [0.29, 0.717) is 12.3 Å². The summed E-state index contributed by atoms with van der Waals surface area (Å²) in [5.74, 6) is 0.599. The van der Waals surface area contributed by atoms with Gasteiger partial charge in [0.15, 0.2) is 0 Å². The van der Waals surface area contributed by atoms with Crippen LogP contribution < -0.4 is 0 Å². The third kappa shape index (κ3) is 1.71. The molecule has 0 aromatic heterocycles. The van der Waals surface area contributed by atoms with Gasteiger partial charge in [0.2, 0.25) is 0 Å². The third-order valence-corrected chi connectivity index (χ3v) is 5.17. The average molecular weight is 266 g/mol. The van der Waals surface area contributed by atoms with Crippen LogP contribution in [-0.2, 0) is 4.79 Å². The summed E-state index contributed by atoms with van der Waals surface area (Å²) < 4.78 is 0. The molecule has 0 heterocycles. The van der Waals surface area contributed by atoms with Crippen LogP contribution in [0.25, 0.3) is 10.8 Å². The Kier molecular flexibility index (Phi) is 2.67. The van der Waals surface area contributed by atoms with Gasteiger partial charge in [-0.05, 0) is 35.1 Å². The Balaban J connectivity index is 1.77. The van der Waals surface area contributed by atoms with Crippen molar-refractivity contribution in [2.24, 2.45) is 11.8 Å². The first-order valence-electron chi connectivity index (χ1n) is 7.43. The SMILES string of the molecule is O=C1C[C@@H]2CC[C@H]1[C@H](O)[C@H]2c1ccc2ccccc2c1. The molecule has 0 saturated heterocycles. The van der Waals surface area contributed by atoms with Crippen LogP contribution in [0.5, 0.6) is 0 Å². The quantitative estimate of drug-likeness (QED) is 0.860. The highest BCUT2D eigenvalue weighted by Gasteiger charge is 2.47. The molecule has 2 nitrogen and oxygen atoms in total. The van der Waals surface area contributed by atoms with E-state index in [2.05, 4.69) is 30.3 Å². The Morgan fingerprint density at radius 1 is 1.00 bits per heavy atom. The van der Waals surface area contributed by atoms with Crippen molar-refractivity contribution in [3.63, 3.8) is 0 Å². The van der Waals surface area contributed by atoms with Crippen molar-refractivity contribution in [3.8, 4) is 0 Å². The number of aliphatic hydroxyl groups excluding tert-OH is 1. The first-order chi connectivity index (χ1) is 9.74. The minimum absolute atomic E-state index is 0.128. The number of ketones is 1. The molecule has 0 radical (unpaired) electrons. The monoisotopic (exact) mass is 266 g/mol. The molecule has 0 unspecified atom stereocenters. The second kappa shape index (κ2) is 4.42. The highest BCUT2D eigenvalue weighted by molar-refractivity contribution is 5.85. The smallest absolute Gasteiger partial charge is 0.138 e. The van der Waals surface area contributed by atoms with Crippen LogP contribution in [0.15, 0.2) is 42.5 Å². The Hall–Kier alpha value is -1.67. The molecule has 2 heteroatoms. The summed E-state index contributed by atoms with van der Waals surface area (Å²) in [6.45, 7) is 0. The fourth-order valence-electron chi connectivity index (χ4n) is 4.15. The molecule has 2 aromatic rings. The Morgan fingerprint density at radius 3 is 2.55 bits per heavy atom. The molecule has 3 aliphatic carbocycles. The highest BCUT2D eigenvalue weighted by Crippen LogP contribution is 2.48. The van der Waals surface area contributed by atoms with Crippen molar-refractivity contribution in [1.82, 2.24) is 0 Å². The second-order valence-electron chi connectivity index (χ2n) is 6.24. The van der Waals surface area contributed by atoms with Gasteiger partial charge in [-0.3, -0.25) is 4.79 Å². The van der Waals surface area contributed by atoms with Gasteiger partial charge in [-0.15, -0.1) is 0 Å². The summed E-state index contributed by atoms with van der Waals surface area (Å²) in [6.07, 6.45) is 2.11. The molecule has 0 spiro atoms. The predicted molar refractivity (Wildman–Crippen MR) is 78.5 cm³/mol. The first kappa shape index (κ1) is 12.1. The van der Waals surface area contributed by atoms with Crippen LogP contribution in [0.2, 0.25) is 0 Å². The molecule has 20 heavy (non-hydrogen) atoms. The van der Waals surface area contributed by atoms with E-state index >= 15 is 0 Å². The molecule has 4 atom stereocenters. The number of hydrogen-bond acceptors (Lipinski definition) is 2.